The van der Waals surface area contributed by atoms with E-state index in [9.17, 15) is 4.79 Å². The van der Waals surface area contributed by atoms with Crippen LogP contribution < -0.4 is 11.1 Å². The number of rotatable bonds is 4. The molecule has 1 aromatic carbocycles. The predicted octanol–water partition coefficient (Wildman–Crippen LogP) is 2.92. The summed E-state index contributed by atoms with van der Waals surface area (Å²) >= 11 is 0. The van der Waals surface area contributed by atoms with Gasteiger partial charge in [0.25, 0.3) is 0 Å². The standard InChI is InChI=1S/C17H21N3O3/c1-10-5-6-13(7-11(10)2)20-17(18)19-9-14-8-15(12(3)23-14)16(21)22-4/h5-8H,9H2,1-4H3,(H3,18,19,20). The zero-order chi connectivity index (χ0) is 17.0. The number of carbonyl (C=O) groups excluding carboxylic acids is 1. The van der Waals surface area contributed by atoms with Gasteiger partial charge >= 0.3 is 5.97 Å². The van der Waals surface area contributed by atoms with Gasteiger partial charge in [-0.1, -0.05) is 6.07 Å². The molecular formula is C17H21N3O3. The van der Waals surface area contributed by atoms with Gasteiger partial charge in [-0.05, 0) is 50.1 Å². The van der Waals surface area contributed by atoms with Gasteiger partial charge in [0, 0.05) is 5.69 Å². The number of furan rings is 1. The molecule has 0 aliphatic carbocycles. The SMILES string of the molecule is COC(=O)c1cc(CN=C(N)Nc2ccc(C)c(C)c2)oc1C. The lowest BCUT2D eigenvalue weighted by molar-refractivity contribution is 0.0599. The minimum atomic E-state index is -0.428. The maximum Gasteiger partial charge on any atom is 0.341 e. The number of esters is 1. The van der Waals surface area contributed by atoms with E-state index >= 15 is 0 Å². The summed E-state index contributed by atoms with van der Waals surface area (Å²) in [7, 11) is 1.33. The highest BCUT2D eigenvalue weighted by molar-refractivity contribution is 5.92. The number of guanidine groups is 1. The van der Waals surface area contributed by atoms with Crippen molar-refractivity contribution in [2.75, 3.05) is 12.4 Å². The molecule has 0 aliphatic heterocycles. The summed E-state index contributed by atoms with van der Waals surface area (Å²) in [4.78, 5) is 15.8. The maximum absolute atomic E-state index is 11.5. The first-order valence-electron chi connectivity index (χ1n) is 7.22. The number of ether oxygens (including phenoxy) is 1. The van der Waals surface area contributed by atoms with Crippen LogP contribution in [0.1, 0.15) is 33.0 Å². The molecule has 0 amide bonds. The summed E-state index contributed by atoms with van der Waals surface area (Å²) in [6.07, 6.45) is 0. The number of nitrogens with two attached hydrogens (primary N) is 1. The van der Waals surface area contributed by atoms with E-state index in [-0.39, 0.29) is 12.5 Å². The van der Waals surface area contributed by atoms with Crippen molar-refractivity contribution in [3.63, 3.8) is 0 Å². The van der Waals surface area contributed by atoms with Crippen LogP contribution in [0.4, 0.5) is 5.69 Å². The molecule has 3 N–H and O–H groups in total. The molecule has 0 saturated heterocycles. The summed E-state index contributed by atoms with van der Waals surface area (Å²) in [5.41, 5.74) is 9.54. The zero-order valence-corrected chi connectivity index (χ0v) is 13.8. The molecule has 23 heavy (non-hydrogen) atoms. The van der Waals surface area contributed by atoms with Crippen molar-refractivity contribution in [2.24, 2.45) is 10.7 Å². The minimum absolute atomic E-state index is 0.238. The highest BCUT2D eigenvalue weighted by Gasteiger charge is 2.14. The molecule has 0 saturated carbocycles. The first kappa shape index (κ1) is 16.6. The summed E-state index contributed by atoms with van der Waals surface area (Å²) < 4.78 is 10.2. The van der Waals surface area contributed by atoms with Crippen molar-refractivity contribution in [3.05, 3.63) is 52.5 Å². The van der Waals surface area contributed by atoms with E-state index in [1.54, 1.807) is 13.0 Å². The molecule has 0 bridgehead atoms. The third-order valence-corrected chi connectivity index (χ3v) is 3.56. The molecule has 0 fully saturated rings. The molecule has 1 heterocycles. The maximum atomic E-state index is 11.5. The Morgan fingerprint density at radius 2 is 2.00 bits per heavy atom. The van der Waals surface area contributed by atoms with Gasteiger partial charge in [-0.25, -0.2) is 9.79 Å². The fourth-order valence-electron chi connectivity index (χ4n) is 2.10. The molecule has 6 nitrogen and oxygen atoms in total. The van der Waals surface area contributed by atoms with Crippen LogP contribution in [-0.4, -0.2) is 19.0 Å². The van der Waals surface area contributed by atoms with E-state index in [1.807, 2.05) is 25.1 Å². The number of anilines is 1. The Labute approximate surface area is 135 Å². The Bertz CT molecular complexity index is 748. The lowest BCUT2D eigenvalue weighted by Gasteiger charge is -2.07. The number of benzene rings is 1. The van der Waals surface area contributed by atoms with Crippen LogP contribution in [0.3, 0.4) is 0 Å². The smallest absolute Gasteiger partial charge is 0.341 e. The monoisotopic (exact) mass is 315 g/mol. The van der Waals surface area contributed by atoms with Gasteiger partial charge in [0.1, 0.15) is 23.6 Å². The topological polar surface area (TPSA) is 89.8 Å². The molecule has 122 valence electrons. The van der Waals surface area contributed by atoms with Crippen molar-refractivity contribution in [2.45, 2.75) is 27.3 Å². The zero-order valence-electron chi connectivity index (χ0n) is 13.8. The van der Waals surface area contributed by atoms with Crippen LogP contribution in [0.2, 0.25) is 0 Å². The van der Waals surface area contributed by atoms with Gasteiger partial charge in [0.05, 0.1) is 7.11 Å². The Morgan fingerprint density at radius 3 is 2.65 bits per heavy atom. The Hall–Kier alpha value is -2.76. The van der Waals surface area contributed by atoms with Gasteiger partial charge in [0.2, 0.25) is 0 Å². The fraction of sp³-hybridized carbons (Fsp3) is 0.294. The lowest BCUT2D eigenvalue weighted by atomic mass is 10.1. The van der Waals surface area contributed by atoms with Crippen molar-refractivity contribution in [3.8, 4) is 0 Å². The fourth-order valence-corrected chi connectivity index (χ4v) is 2.10. The van der Waals surface area contributed by atoms with Gasteiger partial charge in [-0.2, -0.15) is 0 Å². The molecule has 0 unspecified atom stereocenters. The molecule has 0 atom stereocenters. The van der Waals surface area contributed by atoms with Crippen LogP contribution in [0.25, 0.3) is 0 Å². The first-order valence-corrected chi connectivity index (χ1v) is 7.22. The van der Waals surface area contributed by atoms with E-state index in [2.05, 4.69) is 22.0 Å². The molecule has 1 aromatic heterocycles. The highest BCUT2D eigenvalue weighted by Crippen LogP contribution is 2.17. The van der Waals surface area contributed by atoms with E-state index in [0.717, 1.165) is 5.69 Å². The van der Waals surface area contributed by atoms with Crippen LogP contribution in [0.5, 0.6) is 0 Å². The largest absolute Gasteiger partial charge is 0.465 e. The Morgan fingerprint density at radius 1 is 1.26 bits per heavy atom. The molecule has 0 aliphatic rings. The van der Waals surface area contributed by atoms with Gasteiger partial charge in [-0.15, -0.1) is 0 Å². The summed E-state index contributed by atoms with van der Waals surface area (Å²) in [6.45, 7) is 6.03. The second-order valence-electron chi connectivity index (χ2n) is 5.30. The van der Waals surface area contributed by atoms with E-state index < -0.39 is 5.97 Å². The second-order valence-corrected chi connectivity index (χ2v) is 5.30. The Kier molecular flexibility index (Phi) is 5.05. The predicted molar refractivity (Wildman–Crippen MR) is 89.6 cm³/mol. The van der Waals surface area contributed by atoms with Gasteiger partial charge in [-0.3, -0.25) is 0 Å². The van der Waals surface area contributed by atoms with E-state index in [4.69, 9.17) is 10.2 Å². The summed E-state index contributed by atoms with van der Waals surface area (Å²) in [5, 5.41) is 3.03. The summed E-state index contributed by atoms with van der Waals surface area (Å²) in [5.74, 6) is 0.903. The third kappa shape index (κ3) is 4.12. The number of hydrogen-bond donors (Lipinski definition) is 2. The second kappa shape index (κ2) is 7.00. The van der Waals surface area contributed by atoms with Crippen molar-refractivity contribution >= 4 is 17.6 Å². The van der Waals surface area contributed by atoms with Crippen molar-refractivity contribution < 1.29 is 13.9 Å². The number of carbonyl (C=O) groups is 1. The van der Waals surface area contributed by atoms with Crippen molar-refractivity contribution in [1.82, 2.24) is 0 Å². The number of nitrogens with one attached hydrogen (secondary N) is 1. The molecule has 0 spiro atoms. The van der Waals surface area contributed by atoms with Crippen LogP contribution in [-0.2, 0) is 11.3 Å². The number of aryl methyl sites for hydroxylation is 3. The van der Waals surface area contributed by atoms with Crippen LogP contribution in [0, 0.1) is 20.8 Å². The number of methoxy groups -OCH3 is 1. The molecular weight excluding hydrogens is 294 g/mol. The molecule has 0 radical (unpaired) electrons. The first-order chi connectivity index (χ1) is 10.9. The van der Waals surface area contributed by atoms with Crippen LogP contribution in [0.15, 0.2) is 33.7 Å². The molecule has 2 rings (SSSR count). The summed E-state index contributed by atoms with van der Waals surface area (Å²) in [6, 6.07) is 7.58. The average Bonchev–Trinajstić information content (AvgIpc) is 2.89. The Balaban J connectivity index is 2.04. The molecule has 2 aromatic rings. The quantitative estimate of drug-likeness (QED) is 0.514. The average molecular weight is 315 g/mol. The number of hydrogen-bond acceptors (Lipinski definition) is 4. The van der Waals surface area contributed by atoms with E-state index in [1.165, 1.54) is 18.2 Å². The van der Waals surface area contributed by atoms with Crippen molar-refractivity contribution in [1.29, 1.82) is 0 Å². The van der Waals surface area contributed by atoms with E-state index in [0.29, 0.717) is 17.1 Å². The third-order valence-electron chi connectivity index (χ3n) is 3.56. The normalized spacial score (nSPS) is 11.4. The minimum Gasteiger partial charge on any atom is -0.465 e. The van der Waals surface area contributed by atoms with Gasteiger partial charge in [0.15, 0.2) is 5.96 Å². The highest BCUT2D eigenvalue weighted by atomic mass is 16.5. The van der Waals surface area contributed by atoms with Crippen LogP contribution >= 0.6 is 0 Å². The molecule has 6 heteroatoms. The van der Waals surface area contributed by atoms with Gasteiger partial charge < -0.3 is 20.2 Å². The number of aliphatic imine (C=N–C) groups is 1. The number of nitrogens with zero attached hydrogens (tertiary/aromatic N) is 1. The lowest BCUT2D eigenvalue weighted by Crippen LogP contribution is -2.22.